The molecule has 0 bridgehead atoms. The average molecular weight is 314 g/mol. The monoisotopic (exact) mass is 314 g/mol. The molecule has 5 heteroatoms. The van der Waals surface area contributed by atoms with Gasteiger partial charge < -0.3 is 20.1 Å². The zero-order valence-electron chi connectivity index (χ0n) is 12.3. The van der Waals surface area contributed by atoms with Crippen LogP contribution in [-0.2, 0) is 0 Å². The molecule has 0 aliphatic carbocycles. The molecule has 2 N–H and O–H groups in total. The molecule has 4 nitrogen and oxygen atoms in total. The van der Waals surface area contributed by atoms with E-state index in [1.807, 2.05) is 61.5 Å². The Hall–Kier alpha value is -2.27. The van der Waals surface area contributed by atoms with Crippen LogP contribution in [0.15, 0.2) is 54.6 Å². The van der Waals surface area contributed by atoms with Crippen LogP contribution in [-0.4, -0.2) is 23.9 Å². The maximum atomic E-state index is 5.97. The van der Waals surface area contributed by atoms with Crippen molar-refractivity contribution >= 4 is 23.0 Å². The van der Waals surface area contributed by atoms with Gasteiger partial charge in [-0.3, -0.25) is 0 Å². The van der Waals surface area contributed by atoms with Crippen LogP contribution in [0, 0.1) is 0 Å². The van der Waals surface area contributed by atoms with Crippen LogP contribution in [0.25, 0.3) is 0 Å². The standard InChI is InChI=1S/C17H18N2O2S/c1-12(18-17(22)19-13-7-3-2-4-8-13)16-11-20-14-9-5-6-10-15(14)21-16/h2-10,12,16H,11H2,1H3,(H2,18,19,22)/t12-,16-/m1/s1. The molecule has 2 aromatic carbocycles. The van der Waals surface area contributed by atoms with E-state index in [-0.39, 0.29) is 12.1 Å². The summed E-state index contributed by atoms with van der Waals surface area (Å²) in [5.74, 6) is 1.56. The summed E-state index contributed by atoms with van der Waals surface area (Å²) in [6.07, 6.45) is -0.0922. The van der Waals surface area contributed by atoms with E-state index in [4.69, 9.17) is 21.7 Å². The van der Waals surface area contributed by atoms with Gasteiger partial charge >= 0.3 is 0 Å². The van der Waals surface area contributed by atoms with Crippen LogP contribution in [0.2, 0.25) is 0 Å². The van der Waals surface area contributed by atoms with Gasteiger partial charge in [0.1, 0.15) is 6.61 Å². The van der Waals surface area contributed by atoms with Crippen molar-refractivity contribution in [2.45, 2.75) is 19.1 Å². The molecule has 3 rings (SSSR count). The lowest BCUT2D eigenvalue weighted by Crippen LogP contribution is -2.49. The van der Waals surface area contributed by atoms with Gasteiger partial charge in [-0.15, -0.1) is 0 Å². The molecule has 1 heterocycles. The van der Waals surface area contributed by atoms with E-state index in [1.54, 1.807) is 0 Å². The van der Waals surface area contributed by atoms with Crippen molar-refractivity contribution in [2.24, 2.45) is 0 Å². The normalized spacial score (nSPS) is 17.4. The number of anilines is 1. The molecular weight excluding hydrogens is 296 g/mol. The molecule has 114 valence electrons. The summed E-state index contributed by atoms with van der Waals surface area (Å²) < 4.78 is 11.7. The van der Waals surface area contributed by atoms with Crippen molar-refractivity contribution in [2.75, 3.05) is 11.9 Å². The topological polar surface area (TPSA) is 42.5 Å². The summed E-state index contributed by atoms with van der Waals surface area (Å²) in [6, 6.07) is 17.5. The first-order chi connectivity index (χ1) is 10.7. The summed E-state index contributed by atoms with van der Waals surface area (Å²) in [7, 11) is 0. The largest absolute Gasteiger partial charge is 0.486 e. The quantitative estimate of drug-likeness (QED) is 0.852. The molecule has 1 aliphatic heterocycles. The fourth-order valence-electron chi connectivity index (χ4n) is 2.27. The summed E-state index contributed by atoms with van der Waals surface area (Å²) in [5, 5.41) is 6.97. The summed E-state index contributed by atoms with van der Waals surface area (Å²) >= 11 is 5.34. The van der Waals surface area contributed by atoms with E-state index in [9.17, 15) is 0 Å². The summed E-state index contributed by atoms with van der Waals surface area (Å²) in [5.41, 5.74) is 0.957. The lowest BCUT2D eigenvalue weighted by Gasteiger charge is -2.31. The summed E-state index contributed by atoms with van der Waals surface area (Å²) in [4.78, 5) is 0. The van der Waals surface area contributed by atoms with Gasteiger partial charge in [-0.1, -0.05) is 30.3 Å². The first-order valence-electron chi connectivity index (χ1n) is 7.23. The molecule has 22 heavy (non-hydrogen) atoms. The number of fused-ring (bicyclic) bond motifs is 1. The molecule has 0 aromatic heterocycles. The van der Waals surface area contributed by atoms with Crippen molar-refractivity contribution in [3.63, 3.8) is 0 Å². The highest BCUT2D eigenvalue weighted by Gasteiger charge is 2.26. The number of rotatable bonds is 3. The van der Waals surface area contributed by atoms with E-state index in [2.05, 4.69) is 10.6 Å². The van der Waals surface area contributed by atoms with Crippen molar-refractivity contribution in [3.8, 4) is 11.5 Å². The minimum atomic E-state index is -0.0922. The molecule has 0 saturated heterocycles. The van der Waals surface area contributed by atoms with Crippen LogP contribution < -0.4 is 20.1 Å². The van der Waals surface area contributed by atoms with Crippen LogP contribution in [0.1, 0.15) is 6.92 Å². The van der Waals surface area contributed by atoms with Crippen molar-refractivity contribution in [3.05, 3.63) is 54.6 Å². The Labute approximate surface area is 135 Å². The number of hydrogen-bond acceptors (Lipinski definition) is 3. The van der Waals surface area contributed by atoms with Crippen LogP contribution >= 0.6 is 12.2 Å². The van der Waals surface area contributed by atoms with E-state index in [0.717, 1.165) is 17.2 Å². The Kier molecular flexibility index (Phi) is 4.44. The highest BCUT2D eigenvalue weighted by molar-refractivity contribution is 7.80. The van der Waals surface area contributed by atoms with Gasteiger partial charge in [0.15, 0.2) is 22.7 Å². The third-order valence-corrected chi connectivity index (χ3v) is 3.70. The third kappa shape index (κ3) is 3.49. The first kappa shape index (κ1) is 14.7. The van der Waals surface area contributed by atoms with Crippen LogP contribution in [0.4, 0.5) is 5.69 Å². The number of nitrogens with one attached hydrogen (secondary N) is 2. The third-order valence-electron chi connectivity index (χ3n) is 3.48. The lowest BCUT2D eigenvalue weighted by molar-refractivity contribution is 0.0718. The second-order valence-electron chi connectivity index (χ2n) is 5.17. The molecule has 0 fully saturated rings. The minimum absolute atomic E-state index is 0.0251. The first-order valence-corrected chi connectivity index (χ1v) is 7.64. The van der Waals surface area contributed by atoms with Gasteiger partial charge in [0.2, 0.25) is 0 Å². The Morgan fingerprint density at radius 1 is 1.09 bits per heavy atom. The van der Waals surface area contributed by atoms with Gasteiger partial charge in [0, 0.05) is 5.69 Å². The van der Waals surface area contributed by atoms with Crippen LogP contribution in [0.5, 0.6) is 11.5 Å². The highest BCUT2D eigenvalue weighted by atomic mass is 32.1. The van der Waals surface area contributed by atoms with E-state index < -0.39 is 0 Å². The maximum Gasteiger partial charge on any atom is 0.171 e. The number of para-hydroxylation sites is 3. The Morgan fingerprint density at radius 2 is 1.77 bits per heavy atom. The van der Waals surface area contributed by atoms with Gasteiger partial charge in [-0.05, 0) is 43.4 Å². The number of benzene rings is 2. The molecule has 0 amide bonds. The SMILES string of the molecule is C[C@@H](NC(=S)Nc1ccccc1)[C@H]1COc2ccccc2O1. The molecule has 0 saturated carbocycles. The van der Waals surface area contributed by atoms with Gasteiger partial charge in [0.25, 0.3) is 0 Å². The zero-order chi connectivity index (χ0) is 15.4. The number of hydrogen-bond donors (Lipinski definition) is 2. The van der Waals surface area contributed by atoms with E-state index in [1.165, 1.54) is 0 Å². The minimum Gasteiger partial charge on any atom is -0.486 e. The lowest BCUT2D eigenvalue weighted by atomic mass is 10.1. The van der Waals surface area contributed by atoms with Crippen LogP contribution in [0.3, 0.4) is 0 Å². The average Bonchev–Trinajstić information content (AvgIpc) is 2.55. The Morgan fingerprint density at radius 3 is 2.55 bits per heavy atom. The molecular formula is C17H18N2O2S. The molecule has 0 unspecified atom stereocenters. The van der Waals surface area contributed by atoms with Crippen molar-refractivity contribution in [1.82, 2.24) is 5.32 Å². The highest BCUT2D eigenvalue weighted by Crippen LogP contribution is 2.31. The summed E-state index contributed by atoms with van der Waals surface area (Å²) in [6.45, 7) is 2.53. The molecule has 1 aliphatic rings. The van der Waals surface area contributed by atoms with Gasteiger partial charge in [-0.2, -0.15) is 0 Å². The Balaban J connectivity index is 1.56. The second kappa shape index (κ2) is 6.66. The molecule has 2 aromatic rings. The molecule has 0 radical (unpaired) electrons. The maximum absolute atomic E-state index is 5.97. The fourth-order valence-corrected chi connectivity index (χ4v) is 2.57. The van der Waals surface area contributed by atoms with Crippen molar-refractivity contribution < 1.29 is 9.47 Å². The smallest absolute Gasteiger partial charge is 0.171 e. The van der Waals surface area contributed by atoms with E-state index in [0.29, 0.717) is 11.7 Å². The van der Waals surface area contributed by atoms with Gasteiger partial charge in [-0.25, -0.2) is 0 Å². The predicted molar refractivity (Wildman–Crippen MR) is 91.6 cm³/mol. The van der Waals surface area contributed by atoms with Gasteiger partial charge in [0.05, 0.1) is 6.04 Å². The zero-order valence-corrected chi connectivity index (χ0v) is 13.1. The number of ether oxygens (including phenoxy) is 2. The number of thiocarbonyl (C=S) groups is 1. The van der Waals surface area contributed by atoms with E-state index >= 15 is 0 Å². The second-order valence-corrected chi connectivity index (χ2v) is 5.58. The fraction of sp³-hybridized carbons (Fsp3) is 0.235. The molecule has 0 spiro atoms. The van der Waals surface area contributed by atoms with Crippen molar-refractivity contribution in [1.29, 1.82) is 0 Å². The molecule has 2 atom stereocenters. The predicted octanol–water partition coefficient (Wildman–Crippen LogP) is 3.20. The Bertz CT molecular complexity index is 648.